The van der Waals surface area contributed by atoms with Gasteiger partial charge in [-0.1, -0.05) is 20.8 Å². The van der Waals surface area contributed by atoms with Crippen LogP contribution < -0.4 is 10.2 Å². The lowest BCUT2D eigenvalue weighted by Crippen LogP contribution is -2.48. The summed E-state index contributed by atoms with van der Waals surface area (Å²) in [6, 6.07) is 1.07. The molecule has 0 radical (unpaired) electrons. The number of hydrogen-bond acceptors (Lipinski definition) is 5. The summed E-state index contributed by atoms with van der Waals surface area (Å²) >= 11 is 1.88. The zero-order valence-electron chi connectivity index (χ0n) is 13.4. The molecule has 3 rings (SSSR count). The van der Waals surface area contributed by atoms with Gasteiger partial charge in [0.1, 0.15) is 0 Å². The van der Waals surface area contributed by atoms with Gasteiger partial charge in [0.25, 0.3) is 0 Å². The number of nitrogens with one attached hydrogen (secondary N) is 1. The van der Waals surface area contributed by atoms with Crippen molar-refractivity contribution in [3.63, 3.8) is 0 Å². The fourth-order valence-corrected chi connectivity index (χ4v) is 4.55. The van der Waals surface area contributed by atoms with Crippen LogP contribution in [0.4, 0.5) is 5.13 Å². The van der Waals surface area contributed by atoms with Crippen LogP contribution in [0.3, 0.4) is 0 Å². The van der Waals surface area contributed by atoms with E-state index in [-0.39, 0.29) is 0 Å². The van der Waals surface area contributed by atoms with Gasteiger partial charge < -0.3 is 15.0 Å². The Balaban J connectivity index is 1.78. The predicted octanol–water partition coefficient (Wildman–Crippen LogP) is 2.96. The van der Waals surface area contributed by atoms with Crippen LogP contribution in [0, 0.1) is 0 Å². The molecule has 4 nitrogen and oxygen atoms in total. The minimum Gasteiger partial charge on any atom is -0.374 e. The van der Waals surface area contributed by atoms with E-state index in [1.807, 2.05) is 11.3 Å². The lowest BCUT2D eigenvalue weighted by Gasteiger charge is -2.37. The van der Waals surface area contributed by atoms with E-state index in [1.54, 1.807) is 0 Å². The van der Waals surface area contributed by atoms with E-state index in [0.29, 0.717) is 18.2 Å². The minimum atomic E-state index is 0.435. The lowest BCUT2D eigenvalue weighted by molar-refractivity contribution is 0.0256. The van der Waals surface area contributed by atoms with E-state index in [9.17, 15) is 0 Å². The van der Waals surface area contributed by atoms with Crippen LogP contribution in [0.2, 0.25) is 0 Å². The quantitative estimate of drug-likeness (QED) is 0.907. The van der Waals surface area contributed by atoms with Gasteiger partial charge in [-0.15, -0.1) is 11.3 Å². The zero-order chi connectivity index (χ0) is 14.8. The number of thiazole rings is 1. The molecule has 21 heavy (non-hydrogen) atoms. The molecule has 1 saturated heterocycles. The van der Waals surface area contributed by atoms with Crippen molar-refractivity contribution < 1.29 is 4.74 Å². The number of hydrogen-bond donors (Lipinski definition) is 1. The number of fused-ring (bicyclic) bond motifs is 1. The van der Waals surface area contributed by atoms with Crippen LogP contribution in [0.15, 0.2) is 0 Å². The standard InChI is InChI=1S/C16H27N3OS/c1-4-12-15(10-17-11(2)3)21-16(18-12)19-8-9-20-14-7-5-6-13(14)19/h11,13-14,17H,4-10H2,1-3H3. The fourth-order valence-electron chi connectivity index (χ4n) is 3.37. The van der Waals surface area contributed by atoms with Gasteiger partial charge in [0.15, 0.2) is 5.13 Å². The van der Waals surface area contributed by atoms with Gasteiger partial charge in [0, 0.05) is 24.0 Å². The van der Waals surface area contributed by atoms with Crippen molar-refractivity contribution in [2.75, 3.05) is 18.1 Å². The Bertz CT molecular complexity index is 474. The van der Waals surface area contributed by atoms with Crippen LogP contribution in [-0.2, 0) is 17.7 Å². The zero-order valence-corrected chi connectivity index (χ0v) is 14.2. The average molecular weight is 309 g/mol. The molecule has 1 aromatic heterocycles. The van der Waals surface area contributed by atoms with Crippen molar-refractivity contribution in [3.8, 4) is 0 Å². The number of anilines is 1. The molecule has 1 N–H and O–H groups in total. The summed E-state index contributed by atoms with van der Waals surface area (Å²) in [5.41, 5.74) is 1.27. The summed E-state index contributed by atoms with van der Waals surface area (Å²) in [6.45, 7) is 9.38. The summed E-state index contributed by atoms with van der Waals surface area (Å²) in [5.74, 6) is 0. The first kappa shape index (κ1) is 15.3. The van der Waals surface area contributed by atoms with E-state index < -0.39 is 0 Å². The molecule has 118 valence electrons. The molecule has 1 aliphatic carbocycles. The number of morpholine rings is 1. The SMILES string of the molecule is CCc1nc(N2CCOC3CCCC32)sc1CNC(C)C. The number of nitrogens with zero attached hydrogens (tertiary/aromatic N) is 2. The molecule has 2 unspecified atom stereocenters. The Labute approximate surface area is 131 Å². The number of aryl methyl sites for hydroxylation is 1. The topological polar surface area (TPSA) is 37.4 Å². The van der Waals surface area contributed by atoms with Crippen molar-refractivity contribution in [1.82, 2.24) is 10.3 Å². The van der Waals surface area contributed by atoms with Crippen LogP contribution in [0.5, 0.6) is 0 Å². The Morgan fingerprint density at radius 3 is 3.05 bits per heavy atom. The fraction of sp³-hybridized carbons (Fsp3) is 0.812. The number of aromatic nitrogens is 1. The summed E-state index contributed by atoms with van der Waals surface area (Å²) in [5, 5.41) is 4.74. The molecule has 1 aromatic rings. The molecule has 2 atom stereocenters. The molecule has 1 saturated carbocycles. The molecule has 0 bridgehead atoms. The summed E-state index contributed by atoms with van der Waals surface area (Å²) in [7, 11) is 0. The first-order valence-electron chi connectivity index (χ1n) is 8.29. The molecule has 0 spiro atoms. The van der Waals surface area contributed by atoms with E-state index in [2.05, 4.69) is 31.0 Å². The molecule has 5 heteroatoms. The van der Waals surface area contributed by atoms with E-state index in [1.165, 1.54) is 35.0 Å². The second-order valence-corrected chi connectivity index (χ2v) is 7.42. The number of ether oxygens (including phenoxy) is 1. The maximum absolute atomic E-state index is 5.92. The first-order chi connectivity index (χ1) is 10.2. The molecule has 2 heterocycles. The Kier molecular flexibility index (Phi) is 4.82. The molecule has 2 fully saturated rings. The lowest BCUT2D eigenvalue weighted by atomic mass is 10.1. The molecular weight excluding hydrogens is 282 g/mol. The summed E-state index contributed by atoms with van der Waals surface area (Å²) < 4.78 is 5.92. The third-order valence-corrected chi connectivity index (χ3v) is 5.64. The van der Waals surface area contributed by atoms with Gasteiger partial charge >= 0.3 is 0 Å². The highest BCUT2D eigenvalue weighted by molar-refractivity contribution is 7.15. The van der Waals surface area contributed by atoms with Crippen molar-refractivity contribution >= 4 is 16.5 Å². The highest BCUT2D eigenvalue weighted by atomic mass is 32.1. The summed E-state index contributed by atoms with van der Waals surface area (Å²) in [4.78, 5) is 8.86. The molecular formula is C16H27N3OS. The largest absolute Gasteiger partial charge is 0.374 e. The molecule has 2 aliphatic rings. The van der Waals surface area contributed by atoms with Gasteiger partial charge in [-0.2, -0.15) is 0 Å². The van der Waals surface area contributed by atoms with E-state index >= 15 is 0 Å². The maximum Gasteiger partial charge on any atom is 0.186 e. The van der Waals surface area contributed by atoms with Gasteiger partial charge in [0.05, 0.1) is 24.4 Å². The second-order valence-electron chi connectivity index (χ2n) is 6.36. The van der Waals surface area contributed by atoms with Gasteiger partial charge in [-0.3, -0.25) is 0 Å². The third-order valence-electron chi connectivity index (χ3n) is 4.50. The van der Waals surface area contributed by atoms with E-state index in [4.69, 9.17) is 9.72 Å². The predicted molar refractivity (Wildman–Crippen MR) is 88.2 cm³/mol. The maximum atomic E-state index is 5.92. The normalized spacial score (nSPS) is 25.6. The molecule has 1 aliphatic heterocycles. The summed E-state index contributed by atoms with van der Waals surface area (Å²) in [6.07, 6.45) is 5.22. The average Bonchev–Trinajstić information content (AvgIpc) is 3.10. The monoisotopic (exact) mass is 309 g/mol. The molecule has 0 amide bonds. The highest BCUT2D eigenvalue weighted by Crippen LogP contribution is 2.36. The number of rotatable bonds is 5. The van der Waals surface area contributed by atoms with Crippen molar-refractivity contribution in [2.24, 2.45) is 0 Å². The van der Waals surface area contributed by atoms with Crippen molar-refractivity contribution in [1.29, 1.82) is 0 Å². The van der Waals surface area contributed by atoms with Crippen molar-refractivity contribution in [3.05, 3.63) is 10.6 Å². The smallest absolute Gasteiger partial charge is 0.186 e. The van der Waals surface area contributed by atoms with Gasteiger partial charge in [-0.25, -0.2) is 4.98 Å². The van der Waals surface area contributed by atoms with Crippen molar-refractivity contribution in [2.45, 2.75) is 71.2 Å². The highest BCUT2D eigenvalue weighted by Gasteiger charge is 2.37. The Hall–Kier alpha value is -0.650. The second kappa shape index (κ2) is 6.63. The van der Waals surface area contributed by atoms with Crippen LogP contribution in [0.1, 0.15) is 50.6 Å². The Morgan fingerprint density at radius 1 is 1.43 bits per heavy atom. The minimum absolute atomic E-state index is 0.435. The van der Waals surface area contributed by atoms with Crippen LogP contribution in [-0.4, -0.2) is 36.3 Å². The van der Waals surface area contributed by atoms with Gasteiger partial charge in [-0.05, 0) is 25.7 Å². The van der Waals surface area contributed by atoms with Gasteiger partial charge in [0.2, 0.25) is 0 Å². The third kappa shape index (κ3) is 3.25. The molecule has 0 aromatic carbocycles. The van der Waals surface area contributed by atoms with E-state index in [0.717, 1.165) is 26.1 Å². The van der Waals surface area contributed by atoms with Crippen LogP contribution >= 0.6 is 11.3 Å². The first-order valence-corrected chi connectivity index (χ1v) is 9.11. The van der Waals surface area contributed by atoms with Crippen LogP contribution in [0.25, 0.3) is 0 Å². The Morgan fingerprint density at radius 2 is 2.29 bits per heavy atom.